The van der Waals surface area contributed by atoms with Crippen LogP contribution in [0.25, 0.3) is 0 Å². The van der Waals surface area contributed by atoms with Crippen LogP contribution in [-0.4, -0.2) is 16.7 Å². The van der Waals surface area contributed by atoms with Crippen LogP contribution in [0.15, 0.2) is 18.5 Å². The van der Waals surface area contributed by atoms with Crippen LogP contribution in [-0.2, 0) is 5.54 Å². The maximum Gasteiger partial charge on any atom is 0.0651 e. The van der Waals surface area contributed by atoms with Gasteiger partial charge in [-0.3, -0.25) is 4.98 Å². The molecule has 1 aromatic heterocycles. The van der Waals surface area contributed by atoms with Gasteiger partial charge in [0.25, 0.3) is 0 Å². The summed E-state index contributed by atoms with van der Waals surface area (Å²) >= 11 is 0. The SMILES string of the molecule is C[C@@](N)(CO)c1cnccc1N. The Labute approximate surface area is 71.2 Å². The number of aromatic nitrogens is 1. The molecule has 0 aliphatic carbocycles. The van der Waals surface area contributed by atoms with Crippen LogP contribution in [0.4, 0.5) is 5.69 Å². The summed E-state index contributed by atoms with van der Waals surface area (Å²) in [4.78, 5) is 3.89. The molecule has 0 aliphatic heterocycles. The summed E-state index contributed by atoms with van der Waals surface area (Å²) in [5.74, 6) is 0. The highest BCUT2D eigenvalue weighted by Crippen LogP contribution is 2.21. The van der Waals surface area contributed by atoms with E-state index in [1.807, 2.05) is 0 Å². The van der Waals surface area contributed by atoms with Crippen LogP contribution < -0.4 is 11.5 Å². The monoisotopic (exact) mass is 167 g/mol. The van der Waals surface area contributed by atoms with Crippen molar-refractivity contribution >= 4 is 5.69 Å². The van der Waals surface area contributed by atoms with Gasteiger partial charge in [0.2, 0.25) is 0 Å². The first-order valence-electron chi connectivity index (χ1n) is 3.67. The smallest absolute Gasteiger partial charge is 0.0651 e. The zero-order valence-corrected chi connectivity index (χ0v) is 6.99. The Morgan fingerprint density at radius 2 is 2.33 bits per heavy atom. The van der Waals surface area contributed by atoms with Gasteiger partial charge in [0.15, 0.2) is 0 Å². The number of aliphatic hydroxyl groups is 1. The van der Waals surface area contributed by atoms with Gasteiger partial charge in [0, 0.05) is 23.6 Å². The van der Waals surface area contributed by atoms with E-state index < -0.39 is 5.54 Å². The van der Waals surface area contributed by atoms with Gasteiger partial charge < -0.3 is 16.6 Å². The number of anilines is 1. The molecule has 4 nitrogen and oxygen atoms in total. The molecule has 0 aliphatic rings. The first-order chi connectivity index (χ1) is 5.58. The minimum Gasteiger partial charge on any atom is -0.398 e. The van der Waals surface area contributed by atoms with Crippen molar-refractivity contribution in [3.8, 4) is 0 Å². The largest absolute Gasteiger partial charge is 0.398 e. The molecule has 0 bridgehead atoms. The molecule has 1 rings (SSSR count). The van der Waals surface area contributed by atoms with E-state index in [0.717, 1.165) is 0 Å². The molecule has 0 aromatic carbocycles. The standard InChI is InChI=1S/C8H13N3O/c1-8(10,5-12)6-4-11-3-2-7(6)9/h2-4,12H,5,10H2,1H3,(H2,9,11)/t8-/m1/s1. The third-order valence-electron chi connectivity index (χ3n) is 1.80. The van der Waals surface area contributed by atoms with Gasteiger partial charge in [-0.25, -0.2) is 0 Å². The minimum absolute atomic E-state index is 0.150. The molecule has 0 spiro atoms. The van der Waals surface area contributed by atoms with Crippen molar-refractivity contribution in [1.82, 2.24) is 4.98 Å². The number of nitrogens with zero attached hydrogens (tertiary/aromatic N) is 1. The first-order valence-corrected chi connectivity index (χ1v) is 3.67. The maximum absolute atomic E-state index is 8.96. The van der Waals surface area contributed by atoms with E-state index in [1.54, 1.807) is 25.4 Å². The molecule has 0 unspecified atom stereocenters. The molecule has 0 fully saturated rings. The van der Waals surface area contributed by atoms with Crippen molar-refractivity contribution in [3.63, 3.8) is 0 Å². The average Bonchev–Trinajstić information content (AvgIpc) is 2.05. The fraction of sp³-hybridized carbons (Fsp3) is 0.375. The predicted octanol–water partition coefficient (Wildman–Crippen LogP) is -0.170. The maximum atomic E-state index is 8.96. The Morgan fingerprint density at radius 1 is 1.67 bits per heavy atom. The molecule has 0 radical (unpaired) electrons. The lowest BCUT2D eigenvalue weighted by molar-refractivity contribution is 0.210. The fourth-order valence-electron chi connectivity index (χ4n) is 0.968. The van der Waals surface area contributed by atoms with Crippen LogP contribution in [0.5, 0.6) is 0 Å². The highest BCUT2D eigenvalue weighted by molar-refractivity contribution is 5.48. The number of hydrogen-bond acceptors (Lipinski definition) is 4. The minimum atomic E-state index is -0.807. The summed E-state index contributed by atoms with van der Waals surface area (Å²) in [5, 5.41) is 8.96. The van der Waals surface area contributed by atoms with Crippen molar-refractivity contribution in [2.24, 2.45) is 5.73 Å². The number of aliphatic hydroxyl groups excluding tert-OH is 1. The van der Waals surface area contributed by atoms with E-state index in [4.69, 9.17) is 16.6 Å². The molecule has 0 saturated carbocycles. The van der Waals surface area contributed by atoms with Crippen molar-refractivity contribution in [1.29, 1.82) is 0 Å². The highest BCUT2D eigenvalue weighted by atomic mass is 16.3. The van der Waals surface area contributed by atoms with E-state index in [9.17, 15) is 0 Å². The molecule has 4 heteroatoms. The molecule has 5 N–H and O–H groups in total. The fourth-order valence-corrected chi connectivity index (χ4v) is 0.968. The number of hydrogen-bond donors (Lipinski definition) is 3. The Kier molecular flexibility index (Phi) is 2.30. The number of nitrogens with two attached hydrogens (primary N) is 2. The van der Waals surface area contributed by atoms with Gasteiger partial charge in [-0.1, -0.05) is 0 Å². The van der Waals surface area contributed by atoms with Gasteiger partial charge in [0.1, 0.15) is 0 Å². The van der Waals surface area contributed by atoms with E-state index in [1.165, 1.54) is 0 Å². The number of pyridine rings is 1. The number of rotatable bonds is 2. The second-order valence-electron chi connectivity index (χ2n) is 3.04. The highest BCUT2D eigenvalue weighted by Gasteiger charge is 2.22. The van der Waals surface area contributed by atoms with Gasteiger partial charge in [-0.05, 0) is 13.0 Å². The third-order valence-corrected chi connectivity index (χ3v) is 1.80. The predicted molar refractivity (Wildman–Crippen MR) is 47.3 cm³/mol. The van der Waals surface area contributed by atoms with Crippen molar-refractivity contribution in [2.75, 3.05) is 12.3 Å². The molecular formula is C8H13N3O. The molecule has 1 atom stereocenters. The zero-order chi connectivity index (χ0) is 9.19. The van der Waals surface area contributed by atoms with Crippen LogP contribution in [0, 0.1) is 0 Å². The van der Waals surface area contributed by atoms with Crippen LogP contribution in [0.1, 0.15) is 12.5 Å². The molecule has 12 heavy (non-hydrogen) atoms. The normalized spacial score (nSPS) is 15.6. The van der Waals surface area contributed by atoms with E-state index >= 15 is 0 Å². The molecule has 1 heterocycles. The second-order valence-corrected chi connectivity index (χ2v) is 3.04. The van der Waals surface area contributed by atoms with Crippen molar-refractivity contribution in [3.05, 3.63) is 24.0 Å². The van der Waals surface area contributed by atoms with Crippen molar-refractivity contribution in [2.45, 2.75) is 12.5 Å². The first kappa shape index (κ1) is 8.96. The number of nitrogen functional groups attached to an aromatic ring is 1. The molecule has 66 valence electrons. The Bertz CT molecular complexity index is 273. The van der Waals surface area contributed by atoms with E-state index in [2.05, 4.69) is 4.98 Å². The Balaban J connectivity index is 3.10. The lowest BCUT2D eigenvalue weighted by Crippen LogP contribution is -2.37. The van der Waals surface area contributed by atoms with E-state index in [-0.39, 0.29) is 6.61 Å². The van der Waals surface area contributed by atoms with Gasteiger partial charge in [-0.15, -0.1) is 0 Å². The Hall–Kier alpha value is -1.13. The summed E-state index contributed by atoms with van der Waals surface area (Å²) < 4.78 is 0. The van der Waals surface area contributed by atoms with Gasteiger partial charge in [-0.2, -0.15) is 0 Å². The van der Waals surface area contributed by atoms with Crippen LogP contribution in [0.2, 0.25) is 0 Å². The van der Waals surface area contributed by atoms with E-state index in [0.29, 0.717) is 11.3 Å². The molecule has 1 aromatic rings. The summed E-state index contributed by atoms with van der Waals surface area (Å²) in [6, 6.07) is 1.66. The molecule has 0 amide bonds. The zero-order valence-electron chi connectivity index (χ0n) is 6.99. The van der Waals surface area contributed by atoms with Gasteiger partial charge in [0.05, 0.1) is 12.1 Å². The third kappa shape index (κ3) is 1.54. The van der Waals surface area contributed by atoms with Crippen molar-refractivity contribution < 1.29 is 5.11 Å². The topological polar surface area (TPSA) is 85.2 Å². The lowest BCUT2D eigenvalue weighted by Gasteiger charge is -2.23. The summed E-state index contributed by atoms with van der Waals surface area (Å²) in [5.41, 5.74) is 11.8. The van der Waals surface area contributed by atoms with Crippen LogP contribution >= 0.6 is 0 Å². The molecule has 0 saturated heterocycles. The Morgan fingerprint density at radius 3 is 2.83 bits per heavy atom. The van der Waals surface area contributed by atoms with Crippen LogP contribution in [0.3, 0.4) is 0 Å². The second kappa shape index (κ2) is 3.08. The summed E-state index contributed by atoms with van der Waals surface area (Å²) in [7, 11) is 0. The average molecular weight is 167 g/mol. The summed E-state index contributed by atoms with van der Waals surface area (Å²) in [6.07, 6.45) is 3.16. The summed E-state index contributed by atoms with van der Waals surface area (Å²) in [6.45, 7) is 1.56. The quantitative estimate of drug-likeness (QED) is 0.571. The molecular weight excluding hydrogens is 154 g/mol. The lowest BCUT2D eigenvalue weighted by atomic mass is 9.95. The van der Waals surface area contributed by atoms with Gasteiger partial charge >= 0.3 is 0 Å².